The van der Waals surface area contributed by atoms with Crippen LogP contribution in [0.1, 0.15) is 631 Å². The van der Waals surface area contributed by atoms with Gasteiger partial charge in [-0.1, -0.05) is 419 Å². The third-order valence-electron chi connectivity index (χ3n) is 45.0. The molecule has 2 unspecified atom stereocenters. The third-order valence-corrected chi connectivity index (χ3v) is 45.0. The lowest BCUT2D eigenvalue weighted by molar-refractivity contribution is 0.0399. The number of rotatable bonds is 15. The molecule has 0 amide bonds. The van der Waals surface area contributed by atoms with Crippen LogP contribution >= 0.6 is 0 Å². The molecule has 18 aliphatic rings. The second-order valence-electron chi connectivity index (χ2n) is 58.0. The maximum absolute atomic E-state index is 5.44. The normalized spacial score (nSPS) is 39.2. The molecule has 20 rings (SSSR count). The monoisotopic (exact) mass is 2040 g/mol. The zero-order valence-electron chi connectivity index (χ0n) is 101. The van der Waals surface area contributed by atoms with Crippen LogP contribution in [-0.2, 0) is 4.74 Å². The molecule has 16 saturated carbocycles. The van der Waals surface area contributed by atoms with Crippen LogP contribution in [0.2, 0.25) is 0 Å². The van der Waals surface area contributed by atoms with Crippen molar-refractivity contribution in [3.05, 3.63) is 101 Å². The van der Waals surface area contributed by atoms with Crippen LogP contribution in [0.5, 0.6) is 5.75 Å². The maximum atomic E-state index is 5.44. The topological polar surface area (TPSA) is 18.5 Å². The van der Waals surface area contributed by atoms with Crippen molar-refractivity contribution in [2.45, 2.75) is 605 Å². The molecule has 0 bridgehead atoms. The number of allylic oxidation sites excluding steroid dienone is 6. The molecule has 0 radical (unpaired) electrons. The van der Waals surface area contributed by atoms with Gasteiger partial charge in [-0.15, -0.1) is 0 Å². The Hall–Kier alpha value is -2.58. The lowest BCUT2D eigenvalue weighted by atomic mass is 9.70. The Labute approximate surface area is 936 Å². The fourth-order valence-electron chi connectivity index (χ4n) is 32.1. The van der Waals surface area contributed by atoms with Gasteiger partial charge in [0.1, 0.15) is 5.75 Å². The number of hydrogen-bond donors (Lipinski definition) is 0. The number of ether oxygens (including phenoxy) is 2. The highest BCUT2D eigenvalue weighted by Gasteiger charge is 2.37. The van der Waals surface area contributed by atoms with Crippen molar-refractivity contribution in [1.82, 2.24) is 0 Å². The molecule has 2 heteroatoms. The predicted molar refractivity (Wildman–Crippen MR) is 677 cm³/mol. The van der Waals surface area contributed by atoms with E-state index in [-0.39, 0.29) is 22.8 Å². The van der Waals surface area contributed by atoms with Crippen LogP contribution in [0.3, 0.4) is 0 Å². The lowest BCUT2D eigenvalue weighted by Crippen LogP contribution is -2.27. The molecule has 2 nitrogen and oxygen atoms in total. The van der Waals surface area contributed by atoms with Crippen LogP contribution in [0.15, 0.2) is 84.0 Å². The summed E-state index contributed by atoms with van der Waals surface area (Å²) < 4.78 is 10.6. The summed E-state index contributed by atoms with van der Waals surface area (Å²) in [7, 11) is 3.59. The number of methoxy groups -OCH3 is 2. The van der Waals surface area contributed by atoms with Gasteiger partial charge < -0.3 is 9.47 Å². The molecule has 16 fully saturated rings. The molecule has 2 aromatic carbocycles. The van der Waals surface area contributed by atoms with Gasteiger partial charge >= 0.3 is 0 Å². The Morgan fingerprint density at radius 1 is 0.219 bits per heavy atom. The number of benzene rings is 2. The highest BCUT2D eigenvalue weighted by Crippen LogP contribution is 2.50. The predicted octanol–water partition coefficient (Wildman–Crippen LogP) is 49.9. The van der Waals surface area contributed by atoms with E-state index < -0.39 is 0 Å². The van der Waals surface area contributed by atoms with E-state index in [1.165, 1.54) is 384 Å². The molecule has 146 heavy (non-hydrogen) atoms. The second-order valence-corrected chi connectivity index (χ2v) is 58.0. The van der Waals surface area contributed by atoms with E-state index in [0.717, 1.165) is 201 Å². The van der Waals surface area contributed by atoms with Crippen LogP contribution in [0.4, 0.5) is 0 Å². The van der Waals surface area contributed by atoms with Crippen LogP contribution in [0, 0.1) is 190 Å². The van der Waals surface area contributed by atoms with Gasteiger partial charge in [-0.3, -0.25) is 0 Å². The van der Waals surface area contributed by atoms with Crippen molar-refractivity contribution in [3.63, 3.8) is 0 Å². The van der Waals surface area contributed by atoms with Gasteiger partial charge in [0.25, 0.3) is 0 Å². The van der Waals surface area contributed by atoms with Gasteiger partial charge in [-0.05, 0) is 464 Å². The molecule has 0 heterocycles. The van der Waals surface area contributed by atoms with Gasteiger partial charge in [0.2, 0.25) is 0 Å². The third kappa shape index (κ3) is 47.1. The van der Waals surface area contributed by atoms with Crippen molar-refractivity contribution in [1.29, 1.82) is 0 Å². The summed E-state index contributed by atoms with van der Waals surface area (Å²) in [5.74, 6) is 34.4. The van der Waals surface area contributed by atoms with Crippen molar-refractivity contribution in [2.24, 2.45) is 183 Å². The number of aryl methyl sites for hydroxylation is 1. The van der Waals surface area contributed by atoms with Crippen molar-refractivity contribution >= 4 is 0 Å². The Kier molecular flexibility index (Phi) is 58.3. The molecule has 870 valence electrons. The Balaban J connectivity index is -0.000000413. The van der Waals surface area contributed by atoms with Gasteiger partial charge in [-0.25, -0.2) is 0 Å². The summed E-state index contributed by atoms with van der Waals surface area (Å²) in [6.45, 7) is 43.1. The summed E-state index contributed by atoms with van der Waals surface area (Å²) in [6.07, 6.45) is 117. The molecule has 2 aromatic rings. The Bertz CT molecular complexity index is 3480. The SMILES string of the molecule is CC1=CCC(C2CCC(C)CC2)CC1.CC1CC=C(C2CCC(C)CC2)CC1.CC1CCC(/C=C/C2CCC(C)CC2)CC1.CC1CCC(C2CCC(C)CC2)CC1.CC1CCC(C2CCC(C)CC2)CC1.CC1CCC(C2CCC(C)CC2)CC1.CC1CCC(CCC2CCC(C)CC2)CC1.COC1CCC(C2CCC(C)CC2)CC1.COc1ccc(C2CCC(C)CC2)cc1.Cc1ccc(C2CCC(C)CC2)cc1.[HH].[HH].[HH].[HH].[HH].[HH].[HH].[HH].[HH].[HH].[HH].[HH].[HH].[HH].[HH].[HH]. The second kappa shape index (κ2) is 68.8. The molecular formula is C144H282O2. The van der Waals surface area contributed by atoms with Crippen molar-refractivity contribution in [3.8, 4) is 5.75 Å². The van der Waals surface area contributed by atoms with E-state index in [1.54, 1.807) is 108 Å². The van der Waals surface area contributed by atoms with E-state index >= 15 is 0 Å². The van der Waals surface area contributed by atoms with Gasteiger partial charge in [0.15, 0.2) is 0 Å². The van der Waals surface area contributed by atoms with E-state index in [9.17, 15) is 0 Å². The van der Waals surface area contributed by atoms with Gasteiger partial charge in [-0.2, -0.15) is 0 Å². The van der Waals surface area contributed by atoms with E-state index in [4.69, 9.17) is 9.47 Å². The lowest BCUT2D eigenvalue weighted by Gasteiger charge is -2.36. The summed E-state index contributed by atoms with van der Waals surface area (Å²) >= 11 is 0. The highest BCUT2D eigenvalue weighted by molar-refractivity contribution is 5.30. The zero-order valence-corrected chi connectivity index (χ0v) is 101. The van der Waals surface area contributed by atoms with Crippen LogP contribution < -0.4 is 4.74 Å². The average molecular weight is 2050 g/mol. The minimum Gasteiger partial charge on any atom is -0.497 e. The van der Waals surface area contributed by atoms with Gasteiger partial charge in [0.05, 0.1) is 13.2 Å². The quantitative estimate of drug-likeness (QED) is 0.166. The molecule has 2 atom stereocenters. The Morgan fingerprint density at radius 3 is 0.705 bits per heavy atom. The average Bonchev–Trinajstić information content (AvgIpc) is 0.902. The van der Waals surface area contributed by atoms with Crippen LogP contribution in [0.25, 0.3) is 0 Å². The minimum absolute atomic E-state index is 0. The fraction of sp³-hybridized carbons (Fsp3) is 0.875. The fourth-order valence-corrected chi connectivity index (χ4v) is 32.1. The molecule has 0 aliphatic heterocycles. The van der Waals surface area contributed by atoms with Gasteiger partial charge in [0, 0.05) is 29.9 Å². The standard InChI is InChI=1S/C16H30.C16H28.C14H26O.C14H20O.3C14H26.2C14H24.C14H20.16H2/c2*1-13-3-7-15(8-4-13)11-12-16-9-5-14(2)6-10-16;2*1-11-3-5-12(6-4-11)13-7-9-14(15-2)10-8-13;6*1-11-3-7-13(8-4-11)14-9-5-12(2)6-10-14;;;;;;;;;;;;;;;;/h13-16H,3-12H2,1-2H3;11-16H,3-10H2,1-2H3;11-14H,3-10H2,1-2H3;7-12H,3-6H2,1-2H3;3*11-14H,3-10H2,1-2H3;7,11-12,14H,3-6,8-10H2,1-2H3;3,12-14H,4-10H2,1-2H3;3-4,7-8,12,14H,5-6,9-10H2,1-2H3;16*1H/b;12-11+;;;;;;;;;;;;;;;;;;;;;;;;. The molecular weight excluding hydrogens is 1760 g/mol. The first-order chi connectivity index (χ1) is 70.6. The maximum Gasteiger partial charge on any atom is 0.118 e. The summed E-state index contributed by atoms with van der Waals surface area (Å²) in [6, 6.07) is 17.7. The van der Waals surface area contributed by atoms with E-state index in [1.807, 2.05) is 12.7 Å². The zero-order chi connectivity index (χ0) is 104. The first kappa shape index (κ1) is 124. The first-order valence-corrected chi connectivity index (χ1v) is 66.8. The summed E-state index contributed by atoms with van der Waals surface area (Å²) in [4.78, 5) is 0. The smallest absolute Gasteiger partial charge is 0.118 e. The van der Waals surface area contributed by atoms with E-state index in [0.29, 0.717) is 6.10 Å². The number of hydrogen-bond acceptors (Lipinski definition) is 2. The van der Waals surface area contributed by atoms with Crippen LogP contribution in [-0.4, -0.2) is 20.3 Å². The molecule has 18 aliphatic carbocycles. The minimum atomic E-state index is 0. The van der Waals surface area contributed by atoms with E-state index in [2.05, 4.69) is 197 Å². The molecule has 0 saturated heterocycles. The summed E-state index contributed by atoms with van der Waals surface area (Å²) in [5.41, 5.74) is 7.86. The van der Waals surface area contributed by atoms with Crippen molar-refractivity contribution < 1.29 is 32.3 Å². The highest BCUT2D eigenvalue weighted by atomic mass is 16.5. The molecule has 0 aromatic heterocycles. The molecule has 0 N–H and O–H groups in total. The largest absolute Gasteiger partial charge is 0.497 e. The Morgan fingerprint density at radius 2 is 0.459 bits per heavy atom. The summed E-state index contributed by atoms with van der Waals surface area (Å²) in [5, 5.41) is 0. The van der Waals surface area contributed by atoms with Crippen molar-refractivity contribution in [2.75, 3.05) is 14.2 Å². The first-order valence-electron chi connectivity index (χ1n) is 66.8. The molecule has 0 spiro atoms.